The van der Waals surface area contributed by atoms with Crippen molar-refractivity contribution in [2.75, 3.05) is 43.4 Å². The second-order valence-corrected chi connectivity index (χ2v) is 6.07. The van der Waals surface area contributed by atoms with E-state index in [0.29, 0.717) is 6.04 Å². The average molecular weight is 342 g/mol. The van der Waals surface area contributed by atoms with E-state index in [-0.39, 0.29) is 0 Å². The Morgan fingerprint density at radius 3 is 2.85 bits per heavy atom. The first kappa shape index (κ1) is 15.5. The molecule has 1 aromatic heterocycles. The Morgan fingerprint density at radius 1 is 1.35 bits per heavy atom. The van der Waals surface area contributed by atoms with Crippen LogP contribution in [0.2, 0.25) is 0 Å². The summed E-state index contributed by atoms with van der Waals surface area (Å²) in [5.74, 6) is 1.90. The van der Waals surface area contributed by atoms with Crippen molar-refractivity contribution in [3.63, 3.8) is 0 Å². The van der Waals surface area contributed by atoms with Gasteiger partial charge in [-0.15, -0.1) is 0 Å². The van der Waals surface area contributed by atoms with Crippen molar-refractivity contribution in [1.82, 2.24) is 14.9 Å². The van der Waals surface area contributed by atoms with Gasteiger partial charge in [-0.25, -0.2) is 9.97 Å². The fourth-order valence-electron chi connectivity index (χ4n) is 2.53. The molecule has 2 heterocycles. The third-order valence-electron chi connectivity index (χ3n) is 3.86. The number of anilines is 2. The van der Waals surface area contributed by atoms with Gasteiger partial charge in [0.05, 0.1) is 0 Å². The van der Waals surface area contributed by atoms with Crippen LogP contribution in [0.15, 0.2) is 10.8 Å². The van der Waals surface area contributed by atoms with Gasteiger partial charge in [0.25, 0.3) is 0 Å². The molecule has 1 atom stereocenters. The number of aromatic nitrogens is 2. The fraction of sp³-hybridized carbons (Fsp3) is 0.714. The molecule has 1 aliphatic heterocycles. The first-order valence-electron chi connectivity index (χ1n) is 7.36. The normalized spacial score (nSPS) is 20.2. The number of hydrogen-bond acceptors (Lipinski definition) is 5. The van der Waals surface area contributed by atoms with Crippen LogP contribution in [0.4, 0.5) is 11.6 Å². The van der Waals surface area contributed by atoms with Gasteiger partial charge in [-0.05, 0) is 35.8 Å². The molecule has 0 radical (unpaired) electrons. The number of piperazine rings is 1. The standard InChI is InChI=1S/C14H24BrN5/c1-4-6-16-13-12(15)14(18-10-17-13)20-8-7-19(3)11(5-2)9-20/h10-11H,4-9H2,1-3H3,(H,16,17,18). The summed E-state index contributed by atoms with van der Waals surface area (Å²) in [5.41, 5.74) is 0. The molecule has 0 aliphatic carbocycles. The second-order valence-electron chi connectivity index (χ2n) is 5.28. The molecule has 0 saturated carbocycles. The van der Waals surface area contributed by atoms with Gasteiger partial charge in [-0.1, -0.05) is 13.8 Å². The van der Waals surface area contributed by atoms with E-state index < -0.39 is 0 Å². The third-order valence-corrected chi connectivity index (χ3v) is 4.59. The van der Waals surface area contributed by atoms with Gasteiger partial charge in [0, 0.05) is 32.2 Å². The topological polar surface area (TPSA) is 44.3 Å². The molecule has 6 heteroatoms. The van der Waals surface area contributed by atoms with Crippen molar-refractivity contribution < 1.29 is 0 Å². The summed E-state index contributed by atoms with van der Waals surface area (Å²) in [7, 11) is 2.20. The lowest BCUT2D eigenvalue weighted by molar-refractivity contribution is 0.213. The van der Waals surface area contributed by atoms with Crippen molar-refractivity contribution in [3.8, 4) is 0 Å². The summed E-state index contributed by atoms with van der Waals surface area (Å²) in [5, 5.41) is 3.34. The van der Waals surface area contributed by atoms with Crippen molar-refractivity contribution in [1.29, 1.82) is 0 Å². The maximum Gasteiger partial charge on any atom is 0.148 e. The Kier molecular flexibility index (Phi) is 5.60. The van der Waals surface area contributed by atoms with Gasteiger partial charge in [0.1, 0.15) is 22.4 Å². The van der Waals surface area contributed by atoms with Gasteiger partial charge in [-0.3, -0.25) is 4.90 Å². The second kappa shape index (κ2) is 7.22. The Labute approximate surface area is 129 Å². The molecule has 1 aromatic rings. The van der Waals surface area contributed by atoms with Gasteiger partial charge in [-0.2, -0.15) is 0 Å². The van der Waals surface area contributed by atoms with Gasteiger partial charge < -0.3 is 10.2 Å². The molecule has 1 saturated heterocycles. The van der Waals surface area contributed by atoms with Crippen LogP contribution in [0.3, 0.4) is 0 Å². The van der Waals surface area contributed by atoms with E-state index in [9.17, 15) is 0 Å². The maximum atomic E-state index is 4.47. The predicted octanol–water partition coefficient (Wildman–Crippen LogP) is 2.59. The number of hydrogen-bond donors (Lipinski definition) is 1. The molecule has 0 aromatic carbocycles. The van der Waals surface area contributed by atoms with Crippen LogP contribution in [0.25, 0.3) is 0 Å². The lowest BCUT2D eigenvalue weighted by atomic mass is 10.1. The number of nitrogens with zero attached hydrogens (tertiary/aromatic N) is 4. The minimum atomic E-state index is 0.595. The Hall–Kier alpha value is -0.880. The van der Waals surface area contributed by atoms with E-state index in [4.69, 9.17) is 0 Å². The predicted molar refractivity (Wildman–Crippen MR) is 87.4 cm³/mol. The molecule has 112 valence electrons. The van der Waals surface area contributed by atoms with Crippen LogP contribution in [-0.2, 0) is 0 Å². The minimum Gasteiger partial charge on any atom is -0.369 e. The van der Waals surface area contributed by atoms with E-state index in [1.807, 2.05) is 0 Å². The minimum absolute atomic E-state index is 0.595. The zero-order valence-corrected chi connectivity index (χ0v) is 14.2. The summed E-state index contributed by atoms with van der Waals surface area (Å²) in [6, 6.07) is 0.595. The first-order valence-corrected chi connectivity index (χ1v) is 8.16. The molecule has 1 fully saturated rings. The van der Waals surface area contributed by atoms with Crippen LogP contribution in [0, 0.1) is 0 Å². The number of rotatable bonds is 5. The largest absolute Gasteiger partial charge is 0.369 e. The zero-order chi connectivity index (χ0) is 14.5. The fourth-order valence-corrected chi connectivity index (χ4v) is 3.12. The van der Waals surface area contributed by atoms with E-state index >= 15 is 0 Å². The first-order chi connectivity index (χ1) is 9.67. The van der Waals surface area contributed by atoms with E-state index in [2.05, 4.69) is 61.9 Å². The lowest BCUT2D eigenvalue weighted by Gasteiger charge is -2.40. The zero-order valence-electron chi connectivity index (χ0n) is 12.6. The van der Waals surface area contributed by atoms with Crippen molar-refractivity contribution in [2.24, 2.45) is 0 Å². The molecular weight excluding hydrogens is 318 g/mol. The molecule has 1 aliphatic rings. The molecule has 0 amide bonds. The molecule has 1 unspecified atom stereocenters. The lowest BCUT2D eigenvalue weighted by Crippen LogP contribution is -2.51. The highest BCUT2D eigenvalue weighted by atomic mass is 79.9. The van der Waals surface area contributed by atoms with Crippen LogP contribution in [0.5, 0.6) is 0 Å². The molecule has 1 N–H and O–H groups in total. The van der Waals surface area contributed by atoms with Crippen LogP contribution >= 0.6 is 15.9 Å². The average Bonchev–Trinajstić information content (AvgIpc) is 2.47. The number of likely N-dealkylation sites (N-methyl/N-ethyl adjacent to an activating group) is 1. The molecule has 0 spiro atoms. The summed E-state index contributed by atoms with van der Waals surface area (Å²) in [4.78, 5) is 13.6. The number of halogens is 1. The molecule has 20 heavy (non-hydrogen) atoms. The van der Waals surface area contributed by atoms with Crippen molar-refractivity contribution in [3.05, 3.63) is 10.8 Å². The quantitative estimate of drug-likeness (QED) is 0.891. The van der Waals surface area contributed by atoms with E-state index in [1.165, 1.54) is 0 Å². The maximum absolute atomic E-state index is 4.47. The SMILES string of the molecule is CCCNc1ncnc(N2CCN(C)C(CC)C2)c1Br. The molecule has 5 nitrogen and oxygen atoms in total. The smallest absolute Gasteiger partial charge is 0.148 e. The van der Waals surface area contributed by atoms with E-state index in [0.717, 1.165) is 55.1 Å². The van der Waals surface area contributed by atoms with Crippen molar-refractivity contribution in [2.45, 2.75) is 32.7 Å². The monoisotopic (exact) mass is 341 g/mol. The Bertz CT molecular complexity index is 440. The van der Waals surface area contributed by atoms with Crippen LogP contribution < -0.4 is 10.2 Å². The summed E-state index contributed by atoms with van der Waals surface area (Å²) in [6.07, 6.45) is 3.90. The number of nitrogens with one attached hydrogen (secondary N) is 1. The summed E-state index contributed by atoms with van der Waals surface area (Å²) >= 11 is 3.66. The van der Waals surface area contributed by atoms with Crippen LogP contribution in [-0.4, -0.2) is 54.1 Å². The van der Waals surface area contributed by atoms with Gasteiger partial charge in [0.2, 0.25) is 0 Å². The molecular formula is C14H24BrN5. The Balaban J connectivity index is 2.16. The van der Waals surface area contributed by atoms with Crippen molar-refractivity contribution >= 4 is 27.6 Å². The van der Waals surface area contributed by atoms with Gasteiger partial charge in [0.15, 0.2) is 0 Å². The molecule has 0 bridgehead atoms. The van der Waals surface area contributed by atoms with Crippen LogP contribution in [0.1, 0.15) is 26.7 Å². The Morgan fingerprint density at radius 2 is 2.15 bits per heavy atom. The third kappa shape index (κ3) is 3.41. The summed E-state index contributed by atoms with van der Waals surface area (Å²) in [6.45, 7) is 8.43. The molecule has 2 rings (SSSR count). The van der Waals surface area contributed by atoms with E-state index in [1.54, 1.807) is 6.33 Å². The highest BCUT2D eigenvalue weighted by molar-refractivity contribution is 9.10. The van der Waals surface area contributed by atoms with Gasteiger partial charge >= 0.3 is 0 Å². The highest BCUT2D eigenvalue weighted by Crippen LogP contribution is 2.30. The summed E-state index contributed by atoms with van der Waals surface area (Å²) < 4.78 is 0.979. The highest BCUT2D eigenvalue weighted by Gasteiger charge is 2.25.